The first-order chi connectivity index (χ1) is 11.4. The Balaban J connectivity index is 1.47. The van der Waals surface area contributed by atoms with Crippen molar-refractivity contribution in [2.24, 2.45) is 17.3 Å². The maximum atomic E-state index is 13.4. The molecule has 4 aliphatic rings. The van der Waals surface area contributed by atoms with Gasteiger partial charge in [-0.15, -0.1) is 0 Å². The topological polar surface area (TPSA) is 17.1 Å². The molecule has 3 heteroatoms. The molecule has 5 atom stereocenters. The van der Waals surface area contributed by atoms with Crippen molar-refractivity contribution in [3.05, 3.63) is 34.9 Å². The average molecular weight is 330 g/mol. The summed E-state index contributed by atoms with van der Waals surface area (Å²) < 4.78 is 26.8. The Labute approximate surface area is 141 Å². The Hall–Kier alpha value is -1.25. The van der Waals surface area contributed by atoms with Crippen molar-refractivity contribution in [3.8, 4) is 0 Å². The van der Waals surface area contributed by atoms with Crippen LogP contribution in [-0.4, -0.2) is 11.7 Å². The second-order valence-corrected chi connectivity index (χ2v) is 8.81. The number of Topliss-reactive ketones (excluding diaryl/α,β-unsaturated/α-hetero) is 1. The van der Waals surface area contributed by atoms with Crippen molar-refractivity contribution in [1.82, 2.24) is 0 Å². The normalized spacial score (nSPS) is 42.2. The summed E-state index contributed by atoms with van der Waals surface area (Å²) in [6.07, 6.45) is 6.01. The maximum absolute atomic E-state index is 13.4. The highest BCUT2D eigenvalue weighted by atomic mass is 19.3. The summed E-state index contributed by atoms with van der Waals surface area (Å²) in [6, 6.07) is 6.14. The lowest BCUT2D eigenvalue weighted by Crippen LogP contribution is -2.42. The Morgan fingerprint density at radius 2 is 1.92 bits per heavy atom. The number of hydrogen-bond donors (Lipinski definition) is 0. The molecule has 1 aromatic carbocycles. The summed E-state index contributed by atoms with van der Waals surface area (Å²) in [4.78, 5) is 12.4. The molecule has 4 aliphatic carbocycles. The molecule has 0 aliphatic heterocycles. The maximum Gasteiger partial charge on any atom is 0.255 e. The average Bonchev–Trinajstić information content (AvgIpc) is 3.09. The molecular formula is C21H24F2O. The third-order valence-electron chi connectivity index (χ3n) is 7.69. The van der Waals surface area contributed by atoms with Gasteiger partial charge in [0.25, 0.3) is 5.92 Å². The fraction of sp³-hybridized carbons (Fsp3) is 0.667. The summed E-state index contributed by atoms with van der Waals surface area (Å²) in [5.41, 5.74) is 3.42. The van der Waals surface area contributed by atoms with Crippen LogP contribution in [0.3, 0.4) is 0 Å². The molecule has 1 aromatic rings. The fourth-order valence-corrected chi connectivity index (χ4v) is 6.16. The van der Waals surface area contributed by atoms with Gasteiger partial charge in [0.2, 0.25) is 0 Å². The zero-order valence-corrected chi connectivity index (χ0v) is 14.2. The predicted molar refractivity (Wildman–Crippen MR) is 88.4 cm³/mol. The lowest BCUT2D eigenvalue weighted by Gasteiger charge is -2.48. The molecule has 0 amide bonds. The zero-order chi connectivity index (χ0) is 16.7. The van der Waals surface area contributed by atoms with E-state index in [0.717, 1.165) is 44.1 Å². The standard InChI is InChI=1S/C21H24F2O/c1-20-9-8-15-14-4-3-13(18-11-21(18,22)23)10-12(14)2-5-16(15)17(20)6-7-19(20)24/h3-4,10,15-18H,2,5-9,11H2,1H3/t15-,16-,17+,18?,20+/m1/s1. The van der Waals surface area contributed by atoms with Crippen LogP contribution in [0, 0.1) is 17.3 Å². The van der Waals surface area contributed by atoms with Gasteiger partial charge >= 0.3 is 0 Å². The van der Waals surface area contributed by atoms with E-state index in [1.807, 2.05) is 6.07 Å². The van der Waals surface area contributed by atoms with Crippen LogP contribution in [0.1, 0.15) is 74.0 Å². The van der Waals surface area contributed by atoms with E-state index in [2.05, 4.69) is 19.1 Å². The van der Waals surface area contributed by atoms with Crippen LogP contribution in [0.5, 0.6) is 0 Å². The van der Waals surface area contributed by atoms with Crippen molar-refractivity contribution in [1.29, 1.82) is 0 Å². The molecule has 0 saturated heterocycles. The van der Waals surface area contributed by atoms with Crippen molar-refractivity contribution in [2.45, 2.75) is 69.6 Å². The molecule has 0 heterocycles. The van der Waals surface area contributed by atoms with Crippen molar-refractivity contribution in [3.63, 3.8) is 0 Å². The molecule has 24 heavy (non-hydrogen) atoms. The molecular weight excluding hydrogens is 306 g/mol. The molecule has 3 fully saturated rings. The second-order valence-electron chi connectivity index (χ2n) is 8.81. The highest BCUT2D eigenvalue weighted by molar-refractivity contribution is 5.87. The van der Waals surface area contributed by atoms with Crippen LogP contribution in [0.15, 0.2) is 18.2 Å². The van der Waals surface area contributed by atoms with Gasteiger partial charge in [0, 0.05) is 18.3 Å². The van der Waals surface area contributed by atoms with E-state index in [4.69, 9.17) is 0 Å². The highest BCUT2D eigenvalue weighted by Crippen LogP contribution is 2.60. The van der Waals surface area contributed by atoms with Gasteiger partial charge in [-0.1, -0.05) is 25.1 Å². The van der Waals surface area contributed by atoms with Crippen LogP contribution >= 0.6 is 0 Å². The van der Waals surface area contributed by atoms with E-state index in [0.29, 0.717) is 23.5 Å². The Morgan fingerprint density at radius 1 is 1.12 bits per heavy atom. The number of rotatable bonds is 1. The smallest absolute Gasteiger partial charge is 0.255 e. The molecule has 0 aromatic heterocycles. The minimum Gasteiger partial charge on any atom is -0.299 e. The third kappa shape index (κ3) is 1.93. The summed E-state index contributed by atoms with van der Waals surface area (Å²) in [5.74, 6) is -0.889. The number of halogens is 2. The molecule has 1 nitrogen and oxygen atoms in total. The van der Waals surface area contributed by atoms with Gasteiger partial charge < -0.3 is 0 Å². The lowest BCUT2D eigenvalue weighted by atomic mass is 9.55. The lowest BCUT2D eigenvalue weighted by molar-refractivity contribution is -0.129. The quantitative estimate of drug-likeness (QED) is 0.689. The molecule has 1 unspecified atom stereocenters. The SMILES string of the molecule is C[C@]12CC[C@@H]3c4ccc(C5CC5(F)F)cc4CC[C@H]3[C@@H]1CCC2=O. The summed E-state index contributed by atoms with van der Waals surface area (Å²) >= 11 is 0. The van der Waals surface area contributed by atoms with Crippen molar-refractivity contribution >= 4 is 5.78 Å². The minimum atomic E-state index is -2.48. The molecule has 5 rings (SSSR count). The number of fused-ring (bicyclic) bond motifs is 5. The van der Waals surface area contributed by atoms with Gasteiger partial charge in [-0.25, -0.2) is 8.78 Å². The number of hydrogen-bond acceptors (Lipinski definition) is 1. The first-order valence-electron chi connectivity index (χ1n) is 9.44. The van der Waals surface area contributed by atoms with Crippen LogP contribution in [0.2, 0.25) is 0 Å². The van der Waals surface area contributed by atoms with E-state index in [1.54, 1.807) is 0 Å². The molecule has 0 radical (unpaired) electrons. The number of carbonyl (C=O) groups is 1. The number of carbonyl (C=O) groups excluding carboxylic acids is 1. The largest absolute Gasteiger partial charge is 0.299 e. The van der Waals surface area contributed by atoms with Crippen LogP contribution < -0.4 is 0 Å². The molecule has 3 saturated carbocycles. The zero-order valence-electron chi connectivity index (χ0n) is 14.2. The monoisotopic (exact) mass is 330 g/mol. The first-order valence-corrected chi connectivity index (χ1v) is 9.44. The molecule has 0 bridgehead atoms. The predicted octanol–water partition coefficient (Wildman–Crippen LogP) is 5.23. The van der Waals surface area contributed by atoms with Gasteiger partial charge in [0.1, 0.15) is 5.78 Å². The number of ketones is 1. The van der Waals surface area contributed by atoms with E-state index in [9.17, 15) is 13.6 Å². The Kier molecular flexibility index (Phi) is 2.93. The van der Waals surface area contributed by atoms with Gasteiger partial charge in [0.05, 0.1) is 5.92 Å². The molecule has 128 valence electrons. The Bertz CT molecular complexity index is 725. The van der Waals surface area contributed by atoms with Gasteiger partial charge in [-0.05, 0) is 66.5 Å². The fourth-order valence-electron chi connectivity index (χ4n) is 6.16. The van der Waals surface area contributed by atoms with Crippen LogP contribution in [0.4, 0.5) is 8.78 Å². The van der Waals surface area contributed by atoms with E-state index >= 15 is 0 Å². The number of benzene rings is 1. The van der Waals surface area contributed by atoms with Crippen molar-refractivity contribution in [2.75, 3.05) is 0 Å². The highest BCUT2D eigenvalue weighted by Gasteiger charge is 2.58. The van der Waals surface area contributed by atoms with Gasteiger partial charge in [-0.2, -0.15) is 0 Å². The molecule has 0 N–H and O–H groups in total. The molecule has 0 spiro atoms. The van der Waals surface area contributed by atoms with E-state index in [1.165, 1.54) is 11.1 Å². The van der Waals surface area contributed by atoms with Crippen LogP contribution in [-0.2, 0) is 11.2 Å². The summed E-state index contributed by atoms with van der Waals surface area (Å²) in [5, 5.41) is 0. The number of aryl methyl sites for hydroxylation is 1. The second kappa shape index (κ2) is 4.68. The van der Waals surface area contributed by atoms with Gasteiger partial charge in [0.15, 0.2) is 0 Å². The Morgan fingerprint density at radius 3 is 2.67 bits per heavy atom. The summed E-state index contributed by atoms with van der Waals surface area (Å²) in [6.45, 7) is 2.19. The van der Waals surface area contributed by atoms with E-state index in [-0.39, 0.29) is 11.8 Å². The third-order valence-corrected chi connectivity index (χ3v) is 7.69. The van der Waals surface area contributed by atoms with Crippen molar-refractivity contribution < 1.29 is 13.6 Å². The summed E-state index contributed by atoms with van der Waals surface area (Å²) in [7, 11) is 0. The van der Waals surface area contributed by atoms with E-state index < -0.39 is 11.8 Å². The first kappa shape index (κ1) is 15.0. The minimum absolute atomic E-state index is 0.0143. The number of alkyl halides is 2. The van der Waals surface area contributed by atoms with Crippen LogP contribution in [0.25, 0.3) is 0 Å². The van der Waals surface area contributed by atoms with Gasteiger partial charge in [-0.3, -0.25) is 4.79 Å².